The minimum atomic E-state index is -1.23. The Balaban J connectivity index is 0.00000353. The van der Waals surface area contributed by atoms with Gasteiger partial charge in [-0.15, -0.1) is 16.7 Å². The highest BCUT2D eigenvalue weighted by molar-refractivity contribution is 7.89. The van der Waals surface area contributed by atoms with Crippen molar-refractivity contribution in [3.8, 4) is 16.9 Å². The summed E-state index contributed by atoms with van der Waals surface area (Å²) in [6.45, 7) is 4.79. The number of rotatable bonds is 6. The average Bonchev–Trinajstić information content (AvgIpc) is 2.91. The molecular formula is C28H27Cl3N4O3S. The summed E-state index contributed by atoms with van der Waals surface area (Å²) in [5.74, 6) is -0.298. The molecule has 39 heavy (non-hydrogen) atoms. The number of nitrogens with one attached hydrogen (secondary N) is 1. The number of anilines is 2. The number of halogens is 3. The fraction of sp³-hybridized carbons (Fsp3) is 0.214. The van der Waals surface area contributed by atoms with E-state index in [0.29, 0.717) is 16.8 Å². The van der Waals surface area contributed by atoms with Crippen LogP contribution in [0.4, 0.5) is 11.4 Å². The predicted molar refractivity (Wildman–Crippen MR) is 161 cm³/mol. The van der Waals surface area contributed by atoms with Gasteiger partial charge in [0.05, 0.1) is 51.3 Å². The molecule has 2 heterocycles. The number of piperazine rings is 1. The quantitative estimate of drug-likeness (QED) is 0.190. The molecule has 0 bridgehead atoms. The lowest BCUT2D eigenvalue weighted by atomic mass is 10.00. The molecule has 1 atom stereocenters. The summed E-state index contributed by atoms with van der Waals surface area (Å²) in [4.78, 5) is 20.0. The minimum Gasteiger partial charge on any atom is -0.593 e. The number of fused-ring (bicyclic) bond motifs is 1. The smallest absolute Gasteiger partial charge is 0.174 e. The molecule has 5 rings (SSSR count). The van der Waals surface area contributed by atoms with E-state index in [9.17, 15) is 14.5 Å². The van der Waals surface area contributed by atoms with Crippen LogP contribution in [0.1, 0.15) is 17.3 Å². The van der Waals surface area contributed by atoms with Crippen LogP contribution in [-0.4, -0.2) is 62.9 Å². The van der Waals surface area contributed by atoms with Crippen molar-refractivity contribution in [3.63, 3.8) is 0 Å². The van der Waals surface area contributed by atoms with E-state index in [1.165, 1.54) is 6.92 Å². The van der Waals surface area contributed by atoms with E-state index >= 15 is 0 Å². The fourth-order valence-corrected chi connectivity index (χ4v) is 6.06. The molecule has 7 nitrogen and oxygen atoms in total. The molecule has 1 aliphatic heterocycles. The topological polar surface area (TPSA) is 91.8 Å². The first-order valence-electron chi connectivity index (χ1n) is 12.1. The Bertz CT molecular complexity index is 1490. The van der Waals surface area contributed by atoms with Crippen molar-refractivity contribution in [2.24, 2.45) is 0 Å². The standard InChI is InChI=1S/C28H26Cl2N4O3S.ClH/c1-17(35)23-16-31-26-8-3-18(19-14-24(29)28(36)25(30)15-19)13-22(26)27(23)32-20-4-6-21(7-5-20)38(37)34-11-9-33(2)10-12-34;/h3-8,13-16,36H,9-12H2,1-2H3,(H,31,32);1H. The van der Waals surface area contributed by atoms with Crippen LogP contribution in [0.2, 0.25) is 10.0 Å². The van der Waals surface area contributed by atoms with E-state index in [1.54, 1.807) is 18.3 Å². The molecule has 2 N–H and O–H groups in total. The molecule has 0 saturated carbocycles. The molecule has 1 aliphatic rings. The van der Waals surface area contributed by atoms with E-state index in [4.69, 9.17) is 23.2 Å². The number of Topliss-reactive ketones (excluding diaryl/α,β-unsaturated/α-hetero) is 1. The first-order chi connectivity index (χ1) is 18.2. The molecular weight excluding hydrogens is 579 g/mol. The maximum Gasteiger partial charge on any atom is 0.174 e. The van der Waals surface area contributed by atoms with Gasteiger partial charge in [0.15, 0.2) is 16.4 Å². The van der Waals surface area contributed by atoms with E-state index in [-0.39, 0.29) is 34.0 Å². The van der Waals surface area contributed by atoms with E-state index in [1.807, 2.05) is 46.8 Å². The Hall–Kier alpha value is -2.56. The van der Waals surface area contributed by atoms with E-state index < -0.39 is 11.4 Å². The molecule has 4 aromatic rings. The van der Waals surface area contributed by atoms with Gasteiger partial charge in [0.25, 0.3) is 0 Å². The third-order valence-electron chi connectivity index (χ3n) is 6.62. The number of hydrogen-bond donors (Lipinski definition) is 2. The van der Waals surface area contributed by atoms with Crippen LogP contribution >= 0.6 is 35.6 Å². The summed E-state index contributed by atoms with van der Waals surface area (Å²) < 4.78 is 15.0. The molecule has 1 saturated heterocycles. The first kappa shape index (κ1) is 29.4. The van der Waals surface area contributed by atoms with Crippen LogP contribution in [0, 0.1) is 0 Å². The van der Waals surface area contributed by atoms with E-state index in [0.717, 1.165) is 53.3 Å². The first-order valence-corrected chi connectivity index (χ1v) is 13.9. The van der Waals surface area contributed by atoms with Crippen molar-refractivity contribution in [1.82, 2.24) is 14.2 Å². The van der Waals surface area contributed by atoms with Gasteiger partial charge in [-0.05, 0) is 73.6 Å². The van der Waals surface area contributed by atoms with Gasteiger partial charge in [-0.3, -0.25) is 9.78 Å². The number of benzene rings is 3. The Morgan fingerprint density at radius 2 is 1.64 bits per heavy atom. The highest BCUT2D eigenvalue weighted by Crippen LogP contribution is 2.38. The normalized spacial score (nSPS) is 15.1. The number of phenols is 1. The molecule has 0 aliphatic carbocycles. The largest absolute Gasteiger partial charge is 0.593 e. The van der Waals surface area contributed by atoms with Crippen molar-refractivity contribution in [1.29, 1.82) is 0 Å². The van der Waals surface area contributed by atoms with Crippen LogP contribution in [-0.2, 0) is 11.4 Å². The van der Waals surface area contributed by atoms with Gasteiger partial charge >= 0.3 is 0 Å². The number of phenolic OH excluding ortho intramolecular Hbond substituents is 1. The third kappa shape index (κ3) is 6.28. The van der Waals surface area contributed by atoms with Crippen molar-refractivity contribution in [2.45, 2.75) is 11.8 Å². The van der Waals surface area contributed by atoms with Crippen molar-refractivity contribution >= 4 is 75.0 Å². The summed E-state index contributed by atoms with van der Waals surface area (Å²) >= 11 is 11.1. The van der Waals surface area contributed by atoms with Crippen molar-refractivity contribution < 1.29 is 14.5 Å². The number of pyridine rings is 1. The predicted octanol–water partition coefficient (Wildman–Crippen LogP) is 6.55. The molecule has 3 aromatic carbocycles. The highest BCUT2D eigenvalue weighted by Gasteiger charge is 2.26. The monoisotopic (exact) mass is 604 g/mol. The van der Waals surface area contributed by atoms with Crippen LogP contribution in [0.15, 0.2) is 65.7 Å². The average molecular weight is 606 g/mol. The van der Waals surface area contributed by atoms with E-state index in [2.05, 4.69) is 22.2 Å². The molecule has 0 radical (unpaired) electrons. The number of carbonyl (C=O) groups excluding carboxylic acids is 1. The molecule has 204 valence electrons. The fourth-order valence-electron chi connectivity index (χ4n) is 4.41. The van der Waals surface area contributed by atoms with Crippen LogP contribution in [0.5, 0.6) is 5.75 Å². The summed E-state index contributed by atoms with van der Waals surface area (Å²) in [5.41, 5.74) is 4.03. The van der Waals surface area contributed by atoms with Gasteiger partial charge in [0, 0.05) is 30.4 Å². The minimum absolute atomic E-state index is 0. The van der Waals surface area contributed by atoms with Gasteiger partial charge in [-0.25, -0.2) is 0 Å². The molecule has 0 amide bonds. The SMILES string of the molecule is CC(=O)c1cnc2ccc(-c3cc(Cl)c(O)c(Cl)c3)cc2c1Nc1ccc([S+]([O-])N2CCN(C)CC2)cc1.Cl. The summed E-state index contributed by atoms with van der Waals surface area (Å²) in [6, 6.07) is 16.3. The van der Waals surface area contributed by atoms with Crippen LogP contribution in [0.25, 0.3) is 22.0 Å². The van der Waals surface area contributed by atoms with Gasteiger partial charge in [0.1, 0.15) is 0 Å². The maximum atomic E-state index is 13.0. The van der Waals surface area contributed by atoms with Crippen LogP contribution in [0.3, 0.4) is 0 Å². The lowest BCUT2D eigenvalue weighted by Gasteiger charge is -2.31. The highest BCUT2D eigenvalue weighted by atomic mass is 35.5. The second-order valence-corrected chi connectivity index (χ2v) is 11.6. The number of aromatic hydroxyl groups is 1. The second kappa shape index (κ2) is 12.3. The number of hydrogen-bond acceptors (Lipinski definition) is 7. The number of likely N-dealkylation sites (N-methyl/N-ethyl adjacent to an activating group) is 1. The summed E-state index contributed by atoms with van der Waals surface area (Å²) in [6.07, 6.45) is 1.57. The van der Waals surface area contributed by atoms with Crippen molar-refractivity contribution in [2.75, 3.05) is 38.5 Å². The zero-order valence-corrected chi connectivity index (χ0v) is 24.4. The Morgan fingerprint density at radius 1 is 1.00 bits per heavy atom. The van der Waals surface area contributed by atoms with Gasteiger partial charge < -0.3 is 19.9 Å². The summed E-state index contributed by atoms with van der Waals surface area (Å²) in [5, 5.41) is 14.4. The molecule has 1 unspecified atom stereocenters. The lowest BCUT2D eigenvalue weighted by molar-refractivity contribution is 0.101. The van der Waals surface area contributed by atoms with Gasteiger partial charge in [-0.2, -0.15) is 0 Å². The number of nitrogens with zero attached hydrogens (tertiary/aromatic N) is 3. The lowest BCUT2D eigenvalue weighted by Crippen LogP contribution is -2.46. The zero-order valence-electron chi connectivity index (χ0n) is 21.3. The second-order valence-electron chi connectivity index (χ2n) is 9.25. The van der Waals surface area contributed by atoms with Crippen molar-refractivity contribution in [3.05, 3.63) is 76.4 Å². The van der Waals surface area contributed by atoms with Crippen LogP contribution < -0.4 is 5.32 Å². The number of ketones is 1. The van der Waals surface area contributed by atoms with Gasteiger partial charge in [0.2, 0.25) is 0 Å². The third-order valence-corrected chi connectivity index (χ3v) is 8.71. The number of aromatic nitrogens is 1. The molecule has 1 aromatic heterocycles. The molecule has 1 fully saturated rings. The number of carbonyl (C=O) groups is 1. The molecule has 11 heteroatoms. The Labute approximate surface area is 246 Å². The Kier molecular flexibility index (Phi) is 9.29. The maximum absolute atomic E-state index is 13.0. The van der Waals surface area contributed by atoms with Gasteiger partial charge in [-0.1, -0.05) is 29.3 Å². The zero-order chi connectivity index (χ0) is 27.0. The summed E-state index contributed by atoms with van der Waals surface area (Å²) in [7, 11) is 2.07. The molecule has 0 spiro atoms. The Morgan fingerprint density at radius 3 is 2.26 bits per heavy atom.